The Labute approximate surface area is 149 Å². The first-order chi connectivity index (χ1) is 11.8. The summed E-state index contributed by atoms with van der Waals surface area (Å²) in [5.41, 5.74) is 2.10. The molecule has 0 aliphatic rings. The van der Waals surface area contributed by atoms with E-state index in [1.807, 2.05) is 20.8 Å². The highest BCUT2D eigenvalue weighted by Gasteiger charge is 2.10. The van der Waals surface area contributed by atoms with Gasteiger partial charge in [-0.3, -0.25) is 14.4 Å². The zero-order valence-corrected chi connectivity index (χ0v) is 15.2. The zero-order valence-electron chi connectivity index (χ0n) is 15.2. The number of amides is 2. The maximum Gasteiger partial charge on any atom is 0.303 e. The maximum absolute atomic E-state index is 12.1. The zero-order chi connectivity index (χ0) is 18.8. The van der Waals surface area contributed by atoms with Crippen LogP contribution in [0.25, 0.3) is 0 Å². The van der Waals surface area contributed by atoms with E-state index >= 15 is 0 Å². The number of aryl methyl sites for hydroxylation is 1. The van der Waals surface area contributed by atoms with E-state index in [9.17, 15) is 14.4 Å². The van der Waals surface area contributed by atoms with Crippen LogP contribution in [0.4, 0.5) is 5.69 Å². The number of nitrogens with one attached hydrogen (secondary N) is 2. The molecule has 0 spiro atoms. The van der Waals surface area contributed by atoms with Crippen LogP contribution < -0.4 is 10.6 Å². The summed E-state index contributed by atoms with van der Waals surface area (Å²) < 4.78 is 0. The average molecular weight is 348 g/mol. The summed E-state index contributed by atoms with van der Waals surface area (Å²) in [6.07, 6.45) is 2.77. The third-order valence-corrected chi connectivity index (χ3v) is 3.71. The first-order valence-corrected chi connectivity index (χ1v) is 8.70. The molecule has 0 saturated heterocycles. The number of aliphatic carboxylic acids is 1. The van der Waals surface area contributed by atoms with Crippen LogP contribution in [0, 0.1) is 12.8 Å². The Balaban J connectivity index is 2.45. The lowest BCUT2D eigenvalue weighted by molar-refractivity contribution is -0.137. The van der Waals surface area contributed by atoms with Gasteiger partial charge in [0.2, 0.25) is 5.91 Å². The van der Waals surface area contributed by atoms with Crippen molar-refractivity contribution in [2.24, 2.45) is 5.92 Å². The van der Waals surface area contributed by atoms with Crippen molar-refractivity contribution in [2.45, 2.75) is 52.9 Å². The fourth-order valence-corrected chi connectivity index (χ4v) is 2.40. The van der Waals surface area contributed by atoms with Crippen molar-refractivity contribution in [3.8, 4) is 0 Å². The van der Waals surface area contributed by atoms with Crippen LogP contribution in [0.1, 0.15) is 61.9 Å². The van der Waals surface area contributed by atoms with E-state index in [2.05, 4.69) is 10.6 Å². The number of carbonyl (C=O) groups excluding carboxylic acids is 2. The summed E-state index contributed by atoms with van der Waals surface area (Å²) in [5.74, 6) is -0.695. The topological polar surface area (TPSA) is 95.5 Å². The molecule has 3 N–H and O–H groups in total. The smallest absolute Gasteiger partial charge is 0.303 e. The van der Waals surface area contributed by atoms with Crippen LogP contribution in [0.3, 0.4) is 0 Å². The molecule has 0 atom stereocenters. The summed E-state index contributed by atoms with van der Waals surface area (Å²) in [5, 5.41) is 14.2. The molecule has 0 aliphatic carbocycles. The summed E-state index contributed by atoms with van der Waals surface area (Å²) in [4.78, 5) is 34.4. The SMILES string of the molecule is Cc1cc(C(=O)NCCCCCC(=O)O)ccc1NC(=O)CC(C)C. The second kappa shape index (κ2) is 10.5. The molecule has 0 heterocycles. The maximum atomic E-state index is 12.1. The van der Waals surface area contributed by atoms with Crippen LogP contribution in [0.5, 0.6) is 0 Å². The third-order valence-electron chi connectivity index (χ3n) is 3.71. The molecule has 1 aromatic carbocycles. The minimum absolute atomic E-state index is 0.0309. The molecule has 0 bridgehead atoms. The number of hydrogen-bond acceptors (Lipinski definition) is 3. The Hall–Kier alpha value is -2.37. The van der Waals surface area contributed by atoms with E-state index in [1.54, 1.807) is 18.2 Å². The van der Waals surface area contributed by atoms with Gasteiger partial charge in [0, 0.05) is 30.6 Å². The van der Waals surface area contributed by atoms with Crippen molar-refractivity contribution < 1.29 is 19.5 Å². The molecule has 25 heavy (non-hydrogen) atoms. The Morgan fingerprint density at radius 1 is 1.12 bits per heavy atom. The van der Waals surface area contributed by atoms with Crippen molar-refractivity contribution in [3.05, 3.63) is 29.3 Å². The van der Waals surface area contributed by atoms with Crippen molar-refractivity contribution >= 4 is 23.5 Å². The van der Waals surface area contributed by atoms with Crippen molar-refractivity contribution in [2.75, 3.05) is 11.9 Å². The molecule has 2 amide bonds. The highest BCUT2D eigenvalue weighted by atomic mass is 16.4. The van der Waals surface area contributed by atoms with Gasteiger partial charge >= 0.3 is 5.97 Å². The number of hydrogen-bond donors (Lipinski definition) is 3. The molecule has 1 rings (SSSR count). The number of unbranched alkanes of at least 4 members (excludes halogenated alkanes) is 2. The van der Waals surface area contributed by atoms with Gasteiger partial charge in [-0.15, -0.1) is 0 Å². The number of carboxylic acid groups (broad SMARTS) is 1. The lowest BCUT2D eigenvalue weighted by Gasteiger charge is -2.11. The van der Waals surface area contributed by atoms with Gasteiger partial charge in [0.15, 0.2) is 0 Å². The summed E-state index contributed by atoms with van der Waals surface area (Å²) in [6.45, 7) is 6.35. The molecule has 0 unspecified atom stereocenters. The molecule has 0 saturated carbocycles. The largest absolute Gasteiger partial charge is 0.481 e. The number of carboxylic acids is 1. The van der Waals surface area contributed by atoms with E-state index in [4.69, 9.17) is 5.11 Å². The number of carbonyl (C=O) groups is 3. The number of anilines is 1. The van der Waals surface area contributed by atoms with Gasteiger partial charge < -0.3 is 15.7 Å². The van der Waals surface area contributed by atoms with E-state index in [0.29, 0.717) is 30.9 Å². The molecule has 138 valence electrons. The van der Waals surface area contributed by atoms with Gasteiger partial charge in [0.1, 0.15) is 0 Å². The number of rotatable bonds is 10. The Bertz CT molecular complexity index is 611. The second-order valence-corrected chi connectivity index (χ2v) is 6.64. The Morgan fingerprint density at radius 3 is 2.44 bits per heavy atom. The molecule has 0 aromatic heterocycles. The Kier molecular flexibility index (Phi) is 8.67. The normalized spacial score (nSPS) is 10.6. The highest BCUT2D eigenvalue weighted by molar-refractivity contribution is 5.96. The average Bonchev–Trinajstić information content (AvgIpc) is 2.51. The van der Waals surface area contributed by atoms with Crippen molar-refractivity contribution in [1.82, 2.24) is 5.32 Å². The van der Waals surface area contributed by atoms with Crippen LogP contribution in [-0.2, 0) is 9.59 Å². The van der Waals surface area contributed by atoms with Gasteiger partial charge in [0.05, 0.1) is 0 Å². The van der Waals surface area contributed by atoms with E-state index in [-0.39, 0.29) is 18.2 Å². The standard InChI is InChI=1S/C19H28N2O4/c1-13(2)11-17(22)21-16-9-8-15(12-14(16)3)19(25)20-10-6-4-5-7-18(23)24/h8-9,12-13H,4-7,10-11H2,1-3H3,(H,20,25)(H,21,22)(H,23,24). The van der Waals surface area contributed by atoms with E-state index in [0.717, 1.165) is 24.1 Å². The van der Waals surface area contributed by atoms with Gasteiger partial charge in [-0.05, 0) is 49.4 Å². The highest BCUT2D eigenvalue weighted by Crippen LogP contribution is 2.17. The quantitative estimate of drug-likeness (QED) is 0.565. The molecule has 0 fully saturated rings. The number of benzene rings is 1. The molecular weight excluding hydrogens is 320 g/mol. The fourth-order valence-electron chi connectivity index (χ4n) is 2.40. The predicted octanol–water partition coefficient (Wildman–Crippen LogP) is 3.35. The van der Waals surface area contributed by atoms with Gasteiger partial charge in [-0.1, -0.05) is 20.3 Å². The molecule has 0 radical (unpaired) electrons. The van der Waals surface area contributed by atoms with E-state index < -0.39 is 5.97 Å². The van der Waals surface area contributed by atoms with Gasteiger partial charge in [0.25, 0.3) is 5.91 Å². The second-order valence-electron chi connectivity index (χ2n) is 6.64. The monoisotopic (exact) mass is 348 g/mol. The summed E-state index contributed by atoms with van der Waals surface area (Å²) in [7, 11) is 0. The lowest BCUT2D eigenvalue weighted by atomic mass is 10.1. The summed E-state index contributed by atoms with van der Waals surface area (Å²) >= 11 is 0. The van der Waals surface area contributed by atoms with Gasteiger partial charge in [-0.2, -0.15) is 0 Å². The first kappa shape index (κ1) is 20.7. The van der Waals surface area contributed by atoms with Gasteiger partial charge in [-0.25, -0.2) is 0 Å². The molecule has 1 aromatic rings. The molecule has 0 aliphatic heterocycles. The minimum atomic E-state index is -0.792. The predicted molar refractivity (Wildman–Crippen MR) is 97.7 cm³/mol. The van der Waals surface area contributed by atoms with Crippen molar-refractivity contribution in [1.29, 1.82) is 0 Å². The summed E-state index contributed by atoms with van der Waals surface area (Å²) in [6, 6.07) is 5.19. The molecule has 6 heteroatoms. The third kappa shape index (κ3) is 8.33. The molecular formula is C19H28N2O4. The Morgan fingerprint density at radius 2 is 1.84 bits per heavy atom. The lowest BCUT2D eigenvalue weighted by Crippen LogP contribution is -2.24. The minimum Gasteiger partial charge on any atom is -0.481 e. The molecule has 6 nitrogen and oxygen atoms in total. The first-order valence-electron chi connectivity index (χ1n) is 8.70. The van der Waals surface area contributed by atoms with E-state index in [1.165, 1.54) is 0 Å². The van der Waals surface area contributed by atoms with Crippen LogP contribution >= 0.6 is 0 Å². The van der Waals surface area contributed by atoms with Crippen LogP contribution in [0.15, 0.2) is 18.2 Å². The van der Waals surface area contributed by atoms with Crippen LogP contribution in [-0.4, -0.2) is 29.4 Å². The van der Waals surface area contributed by atoms with Crippen LogP contribution in [0.2, 0.25) is 0 Å². The fraction of sp³-hybridized carbons (Fsp3) is 0.526. The van der Waals surface area contributed by atoms with Crippen molar-refractivity contribution in [3.63, 3.8) is 0 Å².